The van der Waals surface area contributed by atoms with Crippen LogP contribution in [0.2, 0.25) is 0 Å². The van der Waals surface area contributed by atoms with Crippen molar-refractivity contribution < 1.29 is 14.3 Å². The number of carbonyl (C=O) groups excluding carboxylic acids is 2. The number of nitrogens with one attached hydrogen (secondary N) is 1. The quantitative estimate of drug-likeness (QED) is 0.721. The molecule has 5 nitrogen and oxygen atoms in total. The topological polar surface area (TPSA) is 58.6 Å². The largest absolute Gasteiger partial charge is 0.469 e. The molecule has 1 aliphatic heterocycles. The van der Waals surface area contributed by atoms with Crippen molar-refractivity contribution >= 4 is 11.9 Å². The van der Waals surface area contributed by atoms with Crippen LogP contribution in [0, 0.1) is 5.41 Å². The SMILES string of the molecule is CCCC1(C(=O)N(C)CCCC(=O)OC)CCCNC1. The molecule has 0 bridgehead atoms. The molecule has 1 saturated heterocycles. The summed E-state index contributed by atoms with van der Waals surface area (Å²) in [5, 5.41) is 3.36. The van der Waals surface area contributed by atoms with Gasteiger partial charge in [0.25, 0.3) is 0 Å². The number of esters is 1. The van der Waals surface area contributed by atoms with Gasteiger partial charge in [-0.3, -0.25) is 9.59 Å². The second-order valence-electron chi connectivity index (χ2n) is 5.72. The van der Waals surface area contributed by atoms with Crippen molar-refractivity contribution in [3.8, 4) is 0 Å². The Morgan fingerprint density at radius 2 is 2.15 bits per heavy atom. The number of carbonyl (C=O) groups is 2. The molecule has 0 aromatic heterocycles. The molecule has 1 N–H and O–H groups in total. The Kier molecular flexibility index (Phi) is 6.99. The van der Waals surface area contributed by atoms with E-state index in [9.17, 15) is 9.59 Å². The minimum absolute atomic E-state index is 0.214. The summed E-state index contributed by atoms with van der Waals surface area (Å²) in [4.78, 5) is 25.6. The molecule has 0 aliphatic carbocycles. The van der Waals surface area contributed by atoms with Crippen LogP contribution >= 0.6 is 0 Å². The van der Waals surface area contributed by atoms with Crippen molar-refractivity contribution in [3.63, 3.8) is 0 Å². The van der Waals surface area contributed by atoms with Gasteiger partial charge in [-0.05, 0) is 32.2 Å². The lowest BCUT2D eigenvalue weighted by Crippen LogP contribution is -2.51. The van der Waals surface area contributed by atoms with Gasteiger partial charge in [0.2, 0.25) is 5.91 Å². The van der Waals surface area contributed by atoms with Crippen LogP contribution in [0.4, 0.5) is 0 Å². The van der Waals surface area contributed by atoms with Gasteiger partial charge in [-0.2, -0.15) is 0 Å². The van der Waals surface area contributed by atoms with Gasteiger partial charge in [-0.25, -0.2) is 0 Å². The highest BCUT2D eigenvalue weighted by molar-refractivity contribution is 5.83. The van der Waals surface area contributed by atoms with Gasteiger partial charge < -0.3 is 15.0 Å². The first-order valence-electron chi connectivity index (χ1n) is 7.59. The van der Waals surface area contributed by atoms with Crippen molar-refractivity contribution in [2.24, 2.45) is 5.41 Å². The molecule has 1 rings (SSSR count). The average Bonchev–Trinajstić information content (AvgIpc) is 2.47. The zero-order chi connectivity index (χ0) is 15.0. The summed E-state index contributed by atoms with van der Waals surface area (Å²) in [7, 11) is 3.23. The fourth-order valence-corrected chi connectivity index (χ4v) is 3.02. The van der Waals surface area contributed by atoms with Gasteiger partial charge in [0.1, 0.15) is 0 Å². The first kappa shape index (κ1) is 17.0. The van der Waals surface area contributed by atoms with Crippen LogP contribution in [0.1, 0.15) is 45.4 Å². The third-order valence-corrected chi connectivity index (χ3v) is 4.10. The van der Waals surface area contributed by atoms with Crippen LogP contribution in [0.15, 0.2) is 0 Å². The third-order valence-electron chi connectivity index (χ3n) is 4.10. The van der Waals surface area contributed by atoms with Gasteiger partial charge >= 0.3 is 5.97 Å². The lowest BCUT2D eigenvalue weighted by Gasteiger charge is -2.39. The highest BCUT2D eigenvalue weighted by Gasteiger charge is 2.40. The molecule has 1 fully saturated rings. The maximum absolute atomic E-state index is 12.7. The summed E-state index contributed by atoms with van der Waals surface area (Å²) in [6.45, 7) is 4.52. The molecule has 0 aromatic carbocycles. The smallest absolute Gasteiger partial charge is 0.305 e. The zero-order valence-electron chi connectivity index (χ0n) is 13.0. The Labute approximate surface area is 122 Å². The van der Waals surface area contributed by atoms with Gasteiger partial charge in [-0.1, -0.05) is 13.3 Å². The van der Waals surface area contributed by atoms with E-state index in [1.165, 1.54) is 7.11 Å². The summed E-state index contributed by atoms with van der Waals surface area (Å²) in [5.41, 5.74) is -0.243. The van der Waals surface area contributed by atoms with Gasteiger partial charge in [0.05, 0.1) is 12.5 Å². The van der Waals surface area contributed by atoms with E-state index < -0.39 is 0 Å². The second kappa shape index (κ2) is 8.25. The number of rotatable bonds is 7. The van der Waals surface area contributed by atoms with Crippen LogP contribution < -0.4 is 5.32 Å². The van der Waals surface area contributed by atoms with Gasteiger partial charge in [0.15, 0.2) is 0 Å². The Balaban J connectivity index is 2.53. The number of hydrogen-bond acceptors (Lipinski definition) is 4. The molecule has 20 heavy (non-hydrogen) atoms. The van der Waals surface area contributed by atoms with Crippen LogP contribution in [0.3, 0.4) is 0 Å². The number of piperidine rings is 1. The average molecular weight is 284 g/mol. The maximum atomic E-state index is 12.7. The van der Waals surface area contributed by atoms with E-state index in [2.05, 4.69) is 17.0 Å². The standard InChI is InChI=1S/C15H28N2O3/c1-4-8-15(9-6-10-16-12-15)14(19)17(2)11-5-7-13(18)20-3/h16H,4-12H2,1-3H3. The van der Waals surface area contributed by atoms with E-state index in [1.54, 1.807) is 4.90 Å². The Bertz CT molecular complexity index is 320. The molecule has 0 aromatic rings. The van der Waals surface area contributed by atoms with Crippen LogP contribution in [-0.2, 0) is 14.3 Å². The monoisotopic (exact) mass is 284 g/mol. The number of methoxy groups -OCH3 is 1. The first-order chi connectivity index (χ1) is 9.55. The van der Waals surface area contributed by atoms with Crippen molar-refractivity contribution in [1.82, 2.24) is 10.2 Å². The first-order valence-corrected chi connectivity index (χ1v) is 7.59. The molecule has 1 amide bonds. The lowest BCUT2D eigenvalue weighted by molar-refractivity contribution is -0.144. The van der Waals surface area contributed by atoms with Crippen molar-refractivity contribution in [1.29, 1.82) is 0 Å². The maximum Gasteiger partial charge on any atom is 0.305 e. The van der Waals surface area contributed by atoms with Crippen LogP contribution in [0.25, 0.3) is 0 Å². The Morgan fingerprint density at radius 3 is 2.70 bits per heavy atom. The predicted molar refractivity (Wildman–Crippen MR) is 78.3 cm³/mol. The molecular formula is C15H28N2O3. The van der Waals surface area contributed by atoms with Crippen LogP contribution in [-0.4, -0.2) is 50.6 Å². The molecule has 1 atom stereocenters. The highest BCUT2D eigenvalue weighted by Crippen LogP contribution is 2.33. The van der Waals surface area contributed by atoms with Gasteiger partial charge in [-0.15, -0.1) is 0 Å². The van der Waals surface area contributed by atoms with Crippen molar-refractivity contribution in [2.75, 3.05) is 33.8 Å². The molecular weight excluding hydrogens is 256 g/mol. The summed E-state index contributed by atoms with van der Waals surface area (Å²) in [6, 6.07) is 0. The second-order valence-corrected chi connectivity index (χ2v) is 5.72. The Morgan fingerprint density at radius 1 is 1.40 bits per heavy atom. The normalized spacial score (nSPS) is 22.4. The molecule has 1 aliphatic rings. The van der Waals surface area contributed by atoms with E-state index in [1.807, 2.05) is 7.05 Å². The molecule has 116 valence electrons. The molecule has 5 heteroatoms. The van der Waals surface area contributed by atoms with E-state index in [0.29, 0.717) is 19.4 Å². The summed E-state index contributed by atoms with van der Waals surface area (Å²) >= 11 is 0. The third kappa shape index (κ3) is 4.47. The molecule has 0 radical (unpaired) electrons. The number of nitrogens with zero attached hydrogens (tertiary/aromatic N) is 1. The fraction of sp³-hybridized carbons (Fsp3) is 0.867. The summed E-state index contributed by atoms with van der Waals surface area (Å²) in [6.07, 6.45) is 5.00. The number of hydrogen-bond donors (Lipinski definition) is 1. The predicted octanol–water partition coefficient (Wildman–Crippen LogP) is 1.57. The van der Waals surface area contributed by atoms with Crippen molar-refractivity contribution in [3.05, 3.63) is 0 Å². The van der Waals surface area contributed by atoms with Crippen LogP contribution in [0.5, 0.6) is 0 Å². The number of ether oxygens (including phenoxy) is 1. The molecule has 1 unspecified atom stereocenters. The van der Waals surface area contributed by atoms with E-state index in [0.717, 1.165) is 38.8 Å². The van der Waals surface area contributed by atoms with E-state index in [-0.39, 0.29) is 17.3 Å². The molecule has 0 saturated carbocycles. The highest BCUT2D eigenvalue weighted by atomic mass is 16.5. The summed E-state index contributed by atoms with van der Waals surface area (Å²) in [5.74, 6) is 0.00451. The fourth-order valence-electron chi connectivity index (χ4n) is 3.02. The van der Waals surface area contributed by atoms with Crippen molar-refractivity contribution in [2.45, 2.75) is 45.4 Å². The van der Waals surface area contributed by atoms with Gasteiger partial charge in [0, 0.05) is 26.6 Å². The molecule has 0 spiro atoms. The lowest BCUT2D eigenvalue weighted by atomic mass is 9.75. The molecule has 1 heterocycles. The summed E-state index contributed by atoms with van der Waals surface area (Å²) < 4.78 is 4.61. The zero-order valence-corrected chi connectivity index (χ0v) is 13.0. The Hall–Kier alpha value is -1.10. The minimum atomic E-state index is -0.243. The van der Waals surface area contributed by atoms with E-state index in [4.69, 9.17) is 0 Å². The van der Waals surface area contributed by atoms with E-state index >= 15 is 0 Å². The number of amides is 1. The minimum Gasteiger partial charge on any atom is -0.469 e.